The van der Waals surface area contributed by atoms with Gasteiger partial charge >= 0.3 is 12.6 Å². The number of carbonyl (C=O) groups is 1. The van der Waals surface area contributed by atoms with Crippen LogP contribution in [0.2, 0.25) is 5.02 Å². The molecule has 4 aromatic heterocycles. The summed E-state index contributed by atoms with van der Waals surface area (Å²) in [4.78, 5) is 43.6. The standard InChI is InChI=1S/C38H34ClF2N7O4S/c1-21-45-31-18-44-35(46(2)25-8-12-47(13-9-25)19-22-14-26(15-22)52-38(40)41)29(17-42)32(31)36(49)48(21)11-3-4-23-5-6-24(39)16-28(23)27-7-10-43-33-30(37(50)51)20-53-34(27)33/h5-7,10,16,18,20,22,25-26,38H,8-9,11-15,19H2,1-2H3,(H,50,51). The highest BCUT2D eigenvalue weighted by molar-refractivity contribution is 7.18. The maximum absolute atomic E-state index is 14.1. The monoisotopic (exact) mass is 757 g/mol. The summed E-state index contributed by atoms with van der Waals surface area (Å²) >= 11 is 7.67. The lowest BCUT2D eigenvalue weighted by Gasteiger charge is -2.42. The molecule has 1 aliphatic carbocycles. The lowest BCUT2D eigenvalue weighted by atomic mass is 9.81. The van der Waals surface area contributed by atoms with Gasteiger partial charge in [-0.05, 0) is 62.8 Å². The number of alkyl halides is 2. The molecule has 0 amide bonds. The number of hydrogen-bond acceptors (Lipinski definition) is 10. The van der Waals surface area contributed by atoms with E-state index in [4.69, 9.17) is 11.6 Å². The van der Waals surface area contributed by atoms with Crippen LogP contribution in [0.25, 0.3) is 32.2 Å². The number of thiophene rings is 1. The van der Waals surface area contributed by atoms with Gasteiger partial charge in [0.2, 0.25) is 0 Å². The van der Waals surface area contributed by atoms with E-state index in [1.54, 1.807) is 42.8 Å². The van der Waals surface area contributed by atoms with Crippen molar-refractivity contribution < 1.29 is 23.4 Å². The number of carboxylic acids is 1. The molecule has 5 aromatic rings. The Bertz CT molecular complexity index is 2390. The van der Waals surface area contributed by atoms with Gasteiger partial charge in [0.05, 0.1) is 45.5 Å². The zero-order chi connectivity index (χ0) is 37.4. The molecule has 15 heteroatoms. The number of ether oxygens (including phenoxy) is 1. The number of nitrogens with zero attached hydrogens (tertiary/aromatic N) is 7. The molecule has 2 aliphatic rings. The Hall–Kier alpha value is -4.99. The molecule has 2 fully saturated rings. The molecular weight excluding hydrogens is 724 g/mol. The van der Waals surface area contributed by atoms with Crippen LogP contribution in [0.1, 0.15) is 53.0 Å². The molecule has 1 saturated heterocycles. The molecule has 53 heavy (non-hydrogen) atoms. The first-order chi connectivity index (χ1) is 25.5. The van der Waals surface area contributed by atoms with Gasteiger partial charge in [0.15, 0.2) is 0 Å². The fourth-order valence-electron chi connectivity index (χ4n) is 7.34. The number of hydrogen-bond donors (Lipinski definition) is 1. The van der Waals surface area contributed by atoms with E-state index in [1.165, 1.54) is 22.1 Å². The first-order valence-electron chi connectivity index (χ1n) is 17.1. The SMILES string of the molecule is Cc1nc2cnc(N(C)C3CCN(CC4CC(OC(F)F)C4)CC3)c(C#N)c2c(=O)n1CC#Cc1ccc(Cl)cc1-c1ccnc2c(C(=O)O)csc12. The van der Waals surface area contributed by atoms with Crippen molar-refractivity contribution in [2.45, 2.75) is 57.9 Å². The van der Waals surface area contributed by atoms with Gasteiger partial charge in [0.1, 0.15) is 23.3 Å². The summed E-state index contributed by atoms with van der Waals surface area (Å²) in [5, 5.41) is 22.2. The molecule has 0 unspecified atom stereocenters. The third-order valence-electron chi connectivity index (χ3n) is 10.1. The second-order valence-electron chi connectivity index (χ2n) is 13.4. The van der Waals surface area contributed by atoms with Crippen molar-refractivity contribution in [3.63, 3.8) is 0 Å². The van der Waals surface area contributed by atoms with Crippen LogP contribution < -0.4 is 10.5 Å². The van der Waals surface area contributed by atoms with Crippen molar-refractivity contribution in [3.05, 3.63) is 79.9 Å². The van der Waals surface area contributed by atoms with E-state index in [-0.39, 0.29) is 35.2 Å². The van der Waals surface area contributed by atoms with Gasteiger partial charge in [0, 0.05) is 66.0 Å². The lowest BCUT2D eigenvalue weighted by molar-refractivity contribution is -0.192. The second-order valence-corrected chi connectivity index (χ2v) is 14.7. The van der Waals surface area contributed by atoms with E-state index in [2.05, 4.69) is 42.5 Å². The van der Waals surface area contributed by atoms with Crippen molar-refractivity contribution in [1.82, 2.24) is 24.4 Å². The molecule has 0 radical (unpaired) electrons. The number of aromatic carboxylic acids is 1. The average molecular weight is 758 g/mol. The maximum Gasteiger partial charge on any atom is 0.345 e. The van der Waals surface area contributed by atoms with Gasteiger partial charge in [-0.25, -0.2) is 14.8 Å². The summed E-state index contributed by atoms with van der Waals surface area (Å²) in [6, 6.07) is 9.36. The van der Waals surface area contributed by atoms with Crippen LogP contribution in [-0.4, -0.2) is 80.9 Å². The number of aromatic nitrogens is 4. The predicted octanol–water partition coefficient (Wildman–Crippen LogP) is 6.57. The van der Waals surface area contributed by atoms with Crippen LogP contribution in [0.4, 0.5) is 14.6 Å². The van der Waals surface area contributed by atoms with E-state index < -0.39 is 18.1 Å². The Morgan fingerprint density at radius 1 is 1.21 bits per heavy atom. The van der Waals surface area contributed by atoms with Crippen LogP contribution in [0, 0.1) is 36.0 Å². The first-order valence-corrected chi connectivity index (χ1v) is 18.4. The van der Waals surface area contributed by atoms with Crippen LogP contribution in [0.3, 0.4) is 0 Å². The fourth-order valence-corrected chi connectivity index (χ4v) is 8.53. The zero-order valence-electron chi connectivity index (χ0n) is 28.9. The van der Waals surface area contributed by atoms with Gasteiger partial charge in [-0.3, -0.25) is 14.3 Å². The summed E-state index contributed by atoms with van der Waals surface area (Å²) in [5.41, 5.74) is 2.65. The molecule has 11 nitrogen and oxygen atoms in total. The van der Waals surface area contributed by atoms with Gasteiger partial charge in [-0.1, -0.05) is 23.4 Å². The highest BCUT2D eigenvalue weighted by Gasteiger charge is 2.34. The molecule has 1 N–H and O–H groups in total. The Morgan fingerprint density at radius 3 is 2.70 bits per heavy atom. The van der Waals surface area contributed by atoms with Crippen LogP contribution in [-0.2, 0) is 11.3 Å². The van der Waals surface area contributed by atoms with E-state index >= 15 is 0 Å². The van der Waals surface area contributed by atoms with Gasteiger partial charge in [0.25, 0.3) is 5.56 Å². The molecule has 1 saturated carbocycles. The minimum Gasteiger partial charge on any atom is -0.478 e. The molecule has 0 bridgehead atoms. The van der Waals surface area contributed by atoms with Crippen molar-refractivity contribution in [3.8, 4) is 29.0 Å². The number of aryl methyl sites for hydroxylation is 1. The number of piperidine rings is 1. The number of nitriles is 1. The summed E-state index contributed by atoms with van der Waals surface area (Å²) in [6.45, 7) is 1.47. The topological polar surface area (TPSA) is 137 Å². The second kappa shape index (κ2) is 15.2. The van der Waals surface area contributed by atoms with Crippen molar-refractivity contribution in [2.75, 3.05) is 31.6 Å². The highest BCUT2D eigenvalue weighted by atomic mass is 35.5. The number of pyridine rings is 2. The Labute approximate surface area is 312 Å². The van der Waals surface area contributed by atoms with E-state index in [9.17, 15) is 28.7 Å². The van der Waals surface area contributed by atoms with Crippen molar-refractivity contribution >= 4 is 55.8 Å². The quantitative estimate of drug-likeness (QED) is 0.164. The minimum atomic E-state index is -2.73. The molecule has 0 atom stereocenters. The number of fused-ring (bicyclic) bond motifs is 2. The Kier molecular flexibility index (Phi) is 10.4. The van der Waals surface area contributed by atoms with E-state index in [0.717, 1.165) is 38.0 Å². The summed E-state index contributed by atoms with van der Waals surface area (Å²) < 4.78 is 31.7. The Morgan fingerprint density at radius 2 is 1.98 bits per heavy atom. The van der Waals surface area contributed by atoms with E-state index in [0.29, 0.717) is 62.3 Å². The zero-order valence-corrected chi connectivity index (χ0v) is 30.4. The smallest absolute Gasteiger partial charge is 0.345 e. The van der Waals surface area contributed by atoms with Crippen molar-refractivity contribution in [2.24, 2.45) is 5.92 Å². The number of anilines is 1. The molecular formula is C38H34ClF2N7O4S. The summed E-state index contributed by atoms with van der Waals surface area (Å²) in [7, 11) is 1.89. The third kappa shape index (κ3) is 7.33. The van der Waals surface area contributed by atoms with E-state index in [1.807, 2.05) is 11.9 Å². The first kappa shape index (κ1) is 36.4. The summed E-state index contributed by atoms with van der Waals surface area (Å²) in [5.74, 6) is 6.39. The largest absolute Gasteiger partial charge is 0.478 e. The molecule has 0 spiro atoms. The molecule has 272 valence electrons. The number of likely N-dealkylation sites (tertiary alicyclic amines) is 1. The molecule has 1 aliphatic heterocycles. The van der Waals surface area contributed by atoms with Crippen LogP contribution in [0.15, 0.2) is 46.8 Å². The highest BCUT2D eigenvalue weighted by Crippen LogP contribution is 2.37. The number of rotatable bonds is 9. The van der Waals surface area contributed by atoms with Crippen molar-refractivity contribution in [1.29, 1.82) is 5.26 Å². The van der Waals surface area contributed by atoms with Gasteiger partial charge in [-0.15, -0.1) is 11.3 Å². The lowest BCUT2D eigenvalue weighted by Crippen LogP contribution is -2.47. The predicted molar refractivity (Wildman–Crippen MR) is 199 cm³/mol. The minimum absolute atomic E-state index is 0.00355. The fraction of sp³-hybridized carbons (Fsp3) is 0.368. The molecule has 7 rings (SSSR count). The third-order valence-corrected chi connectivity index (χ3v) is 11.4. The number of benzene rings is 1. The average Bonchev–Trinajstić information content (AvgIpc) is 3.57. The van der Waals surface area contributed by atoms with Crippen LogP contribution >= 0.6 is 22.9 Å². The Balaban J connectivity index is 1.12. The normalized spacial score (nSPS) is 17.8. The van der Waals surface area contributed by atoms with Gasteiger partial charge in [-0.2, -0.15) is 14.0 Å². The number of halogens is 3. The maximum atomic E-state index is 14.1. The number of carboxylic acid groups (broad SMARTS) is 1. The van der Waals surface area contributed by atoms with Crippen LogP contribution in [0.5, 0.6) is 0 Å². The molecule has 1 aromatic carbocycles. The molecule has 5 heterocycles. The summed E-state index contributed by atoms with van der Waals surface area (Å²) in [6.07, 6.45) is 5.67. The van der Waals surface area contributed by atoms with Gasteiger partial charge < -0.3 is 19.6 Å².